The van der Waals surface area contributed by atoms with Crippen LogP contribution in [0.5, 0.6) is 11.5 Å². The number of likely N-dealkylation sites (N-methyl/N-ethyl adjacent to an activating group) is 1. The summed E-state index contributed by atoms with van der Waals surface area (Å²) in [6, 6.07) is 8.94. The molecule has 21 nitrogen and oxygen atoms in total. The van der Waals surface area contributed by atoms with Crippen LogP contribution in [-0.4, -0.2) is 164 Å². The molecule has 0 saturated heterocycles. The van der Waals surface area contributed by atoms with Gasteiger partial charge in [0.25, 0.3) is 5.91 Å². The molecule has 2 aromatic carbocycles. The van der Waals surface area contributed by atoms with Crippen LogP contribution in [0.15, 0.2) is 54.9 Å². The summed E-state index contributed by atoms with van der Waals surface area (Å²) in [6.07, 6.45) is 3.05. The Hall–Kier alpha value is -6.46. The Morgan fingerprint density at radius 1 is 0.932 bits per heavy atom. The highest BCUT2D eigenvalue weighted by molar-refractivity contribution is 6.00. The number of ether oxygens (including phenoxy) is 6. The molecule has 5 amide bonds. The average Bonchev–Trinajstić information content (AvgIpc) is 3.78. The van der Waals surface area contributed by atoms with Gasteiger partial charge in [0.15, 0.2) is 5.65 Å². The van der Waals surface area contributed by atoms with Crippen LogP contribution >= 0.6 is 0 Å². The van der Waals surface area contributed by atoms with Crippen molar-refractivity contribution in [3.05, 3.63) is 82.9 Å². The molecule has 2 aliphatic rings. The molecular formula is C51H71FN10O11. The van der Waals surface area contributed by atoms with E-state index in [2.05, 4.69) is 31.3 Å². The van der Waals surface area contributed by atoms with Crippen LogP contribution in [0.1, 0.15) is 81.1 Å². The van der Waals surface area contributed by atoms with Gasteiger partial charge in [-0.15, -0.1) is 0 Å². The van der Waals surface area contributed by atoms with Gasteiger partial charge >= 0.3 is 0 Å². The summed E-state index contributed by atoms with van der Waals surface area (Å²) < 4.78 is 50.5. The minimum atomic E-state index is -0.890. The van der Waals surface area contributed by atoms with Gasteiger partial charge < -0.3 is 65.2 Å². The van der Waals surface area contributed by atoms with Gasteiger partial charge in [0.2, 0.25) is 23.6 Å². The summed E-state index contributed by atoms with van der Waals surface area (Å²) in [5, 5.41) is 16.2. The number of benzene rings is 2. The lowest BCUT2D eigenvalue weighted by Gasteiger charge is -2.40. The molecule has 0 spiro atoms. The van der Waals surface area contributed by atoms with Crippen molar-refractivity contribution >= 4 is 41.0 Å². The highest BCUT2D eigenvalue weighted by Gasteiger charge is 2.42. The lowest BCUT2D eigenvalue weighted by atomic mass is 9.84. The van der Waals surface area contributed by atoms with Crippen LogP contribution in [-0.2, 0) is 51.1 Å². The first-order valence-electron chi connectivity index (χ1n) is 24.7. The summed E-state index contributed by atoms with van der Waals surface area (Å²) in [7, 11) is 1.66. The van der Waals surface area contributed by atoms with Gasteiger partial charge in [-0.1, -0.05) is 26.8 Å². The van der Waals surface area contributed by atoms with Crippen LogP contribution in [0.25, 0.3) is 5.65 Å². The van der Waals surface area contributed by atoms with E-state index in [0.717, 1.165) is 11.1 Å². The van der Waals surface area contributed by atoms with Crippen LogP contribution in [0.2, 0.25) is 0 Å². The standard InChI is InChI=1S/C51H71FN10O11/c1-32-30-60(49(66)40-29-56-62-15-12-43(58-47(40)62)57-33(2)39-28-37(52)9-11-42(39)73-32)16-14-55-44(63)13-17-68-18-19-69-20-21-70-22-23-71-24-25-72-38-10-8-35-27-41(46(53)64)61(31-36(35)26-38)50(67)45(51(4,5)6)59-48(65)34(3)54-7/h8-12,15,26,28-29,32-34,41,45,54H,13-14,16-25,27,30-31H2,1-7H3,(H2,53,64)(H,55,63)(H,57,58)(H,59,65)/t32-,33?,34+,41+,45-/m0/s1. The molecule has 4 heterocycles. The van der Waals surface area contributed by atoms with Crippen molar-refractivity contribution in [3.63, 3.8) is 0 Å². The van der Waals surface area contributed by atoms with E-state index in [9.17, 15) is 28.4 Å². The number of fused-ring (bicyclic) bond motifs is 3. The number of amides is 5. The first kappa shape index (κ1) is 55.8. The number of nitrogens with one attached hydrogen (secondary N) is 4. The van der Waals surface area contributed by atoms with Crippen molar-refractivity contribution in [3.8, 4) is 11.5 Å². The number of hydrogen-bond acceptors (Lipinski definition) is 15. The van der Waals surface area contributed by atoms with Gasteiger partial charge in [-0.25, -0.2) is 13.9 Å². The number of nitrogens with two attached hydrogens (primary N) is 1. The molecule has 0 fully saturated rings. The van der Waals surface area contributed by atoms with E-state index in [4.69, 9.17) is 34.2 Å². The second kappa shape index (κ2) is 26.5. The summed E-state index contributed by atoms with van der Waals surface area (Å²) in [4.78, 5) is 73.6. The van der Waals surface area contributed by atoms with Gasteiger partial charge in [0.1, 0.15) is 53.5 Å². The fourth-order valence-corrected chi connectivity index (χ4v) is 8.29. The monoisotopic (exact) mass is 1020 g/mol. The van der Waals surface area contributed by atoms with Crippen molar-refractivity contribution < 1.29 is 56.8 Å². The largest absolute Gasteiger partial charge is 0.491 e. The van der Waals surface area contributed by atoms with E-state index in [1.165, 1.54) is 27.7 Å². The van der Waals surface area contributed by atoms with Gasteiger partial charge in [-0.05, 0) is 80.8 Å². The molecule has 73 heavy (non-hydrogen) atoms. The second-order valence-corrected chi connectivity index (χ2v) is 19.1. The molecule has 0 radical (unpaired) electrons. The Morgan fingerprint density at radius 2 is 1.62 bits per heavy atom. The fourth-order valence-electron chi connectivity index (χ4n) is 8.29. The van der Waals surface area contributed by atoms with Gasteiger partial charge in [0, 0.05) is 44.2 Å². The maximum Gasteiger partial charge on any atom is 0.259 e. The minimum absolute atomic E-state index is 0.117. The van der Waals surface area contributed by atoms with E-state index in [0.29, 0.717) is 80.3 Å². The zero-order valence-corrected chi connectivity index (χ0v) is 42.9. The third kappa shape index (κ3) is 15.8. The van der Waals surface area contributed by atoms with Crippen LogP contribution in [0.4, 0.5) is 10.2 Å². The first-order valence-corrected chi connectivity index (χ1v) is 24.7. The van der Waals surface area contributed by atoms with E-state index in [-0.39, 0.29) is 81.9 Å². The van der Waals surface area contributed by atoms with E-state index < -0.39 is 41.4 Å². The van der Waals surface area contributed by atoms with Gasteiger partial charge in [0.05, 0.1) is 77.7 Å². The maximum absolute atomic E-state index is 14.4. The van der Waals surface area contributed by atoms with Crippen molar-refractivity contribution in [1.29, 1.82) is 0 Å². The number of anilines is 1. The Morgan fingerprint density at radius 3 is 2.29 bits per heavy atom. The van der Waals surface area contributed by atoms with Crippen LogP contribution in [0, 0.1) is 11.2 Å². The number of rotatable bonds is 24. The number of hydrogen-bond donors (Lipinski definition) is 5. The molecule has 6 N–H and O–H groups in total. The lowest BCUT2D eigenvalue weighted by Crippen LogP contribution is -2.61. The summed E-state index contributed by atoms with van der Waals surface area (Å²) in [5.41, 5.74) is 8.11. The first-order chi connectivity index (χ1) is 34.9. The number of primary amides is 1. The van der Waals surface area contributed by atoms with Crippen molar-refractivity contribution in [2.24, 2.45) is 11.1 Å². The Labute approximate surface area is 425 Å². The molecule has 6 rings (SSSR count). The molecule has 0 aliphatic carbocycles. The number of carbonyl (C=O) groups is 5. The maximum atomic E-state index is 14.4. The number of carbonyl (C=O) groups excluding carboxylic acids is 5. The third-order valence-corrected chi connectivity index (χ3v) is 12.4. The zero-order chi connectivity index (χ0) is 52.7. The summed E-state index contributed by atoms with van der Waals surface area (Å²) in [6.45, 7) is 14.4. The second-order valence-electron chi connectivity index (χ2n) is 19.1. The normalized spacial score (nSPS) is 17.8. The van der Waals surface area contributed by atoms with Crippen molar-refractivity contribution in [2.75, 3.05) is 91.5 Å². The molecule has 2 aliphatic heterocycles. The molecule has 1 unspecified atom stereocenters. The van der Waals surface area contributed by atoms with E-state index in [1.807, 2.05) is 52.8 Å². The van der Waals surface area contributed by atoms with Gasteiger partial charge in [-0.2, -0.15) is 5.10 Å². The van der Waals surface area contributed by atoms with Crippen LogP contribution in [0.3, 0.4) is 0 Å². The predicted molar refractivity (Wildman–Crippen MR) is 267 cm³/mol. The molecule has 398 valence electrons. The molecule has 22 heteroatoms. The Bertz CT molecular complexity index is 2520. The highest BCUT2D eigenvalue weighted by Crippen LogP contribution is 2.32. The summed E-state index contributed by atoms with van der Waals surface area (Å²) in [5.74, 6) is -0.748. The van der Waals surface area contributed by atoms with Crippen molar-refractivity contribution in [1.82, 2.24) is 40.3 Å². The Kier molecular flexibility index (Phi) is 20.3. The predicted octanol–water partition coefficient (Wildman–Crippen LogP) is 2.79. The topological polar surface area (TPSA) is 252 Å². The molecule has 0 saturated carbocycles. The molecule has 2 bridgehead atoms. The van der Waals surface area contributed by atoms with Crippen LogP contribution < -0.4 is 36.5 Å². The van der Waals surface area contributed by atoms with Gasteiger partial charge in [-0.3, -0.25) is 24.0 Å². The summed E-state index contributed by atoms with van der Waals surface area (Å²) >= 11 is 0. The number of nitrogens with zero attached hydrogens (tertiary/aromatic N) is 5. The van der Waals surface area contributed by atoms with E-state index >= 15 is 0 Å². The highest BCUT2D eigenvalue weighted by atomic mass is 19.1. The molecular weight excluding hydrogens is 948 g/mol. The molecule has 2 aromatic heterocycles. The zero-order valence-electron chi connectivity index (χ0n) is 42.9. The fraction of sp³-hybridized carbons (Fsp3) is 0.549. The quantitative estimate of drug-likeness (QED) is 0.0634. The SMILES string of the molecule is CN[C@H](C)C(=O)N[C@@H](C(=O)N1Cc2cc(OCCOCCOCCOCCOCCC(=O)NCCN3C[C@H](C)Oc4ccc(F)cc4C(C)Nc4ccn5ncc(c5n4)C3=O)ccc2C[C@@H]1C(N)=O)C(C)(C)C. The number of halogens is 1. The van der Waals surface area contributed by atoms with E-state index in [1.54, 1.807) is 37.2 Å². The smallest absolute Gasteiger partial charge is 0.259 e. The lowest BCUT2D eigenvalue weighted by molar-refractivity contribution is -0.146. The molecule has 4 aromatic rings. The Balaban J connectivity index is 0.822. The van der Waals surface area contributed by atoms with Crippen molar-refractivity contribution in [2.45, 2.75) is 91.2 Å². The molecule has 5 atom stereocenters. The number of aromatic nitrogens is 3. The third-order valence-electron chi connectivity index (χ3n) is 12.4. The minimum Gasteiger partial charge on any atom is -0.491 e. The average molecular weight is 1020 g/mol.